The minimum atomic E-state index is 0.802. The van der Waals surface area contributed by atoms with E-state index in [9.17, 15) is 0 Å². The molecule has 2 rings (SSSR count). The van der Waals surface area contributed by atoms with Crippen molar-refractivity contribution in [3.8, 4) is 0 Å². The van der Waals surface area contributed by atoms with E-state index in [-0.39, 0.29) is 0 Å². The number of hydrogen-bond donors (Lipinski definition) is 0. The van der Waals surface area contributed by atoms with Crippen molar-refractivity contribution < 1.29 is 0 Å². The molecule has 0 saturated heterocycles. The van der Waals surface area contributed by atoms with Gasteiger partial charge in [-0.25, -0.2) is 4.98 Å². The lowest BCUT2D eigenvalue weighted by molar-refractivity contribution is 0.104. The zero-order valence-electron chi connectivity index (χ0n) is 8.23. The summed E-state index contributed by atoms with van der Waals surface area (Å²) in [4.78, 5) is 6.72. The third-order valence-corrected chi connectivity index (χ3v) is 3.50. The summed E-state index contributed by atoms with van der Waals surface area (Å²) in [6, 6.07) is 0.802. The summed E-state index contributed by atoms with van der Waals surface area (Å²) in [5.41, 5.74) is 3.12. The molecule has 2 nitrogen and oxygen atoms in total. The maximum Gasteiger partial charge on any atom is 0.0795 e. The Kier molecular flexibility index (Phi) is 2.65. The highest BCUT2D eigenvalue weighted by atomic mass is 32.1. The standard InChI is InChI=1S/C10H16N2S/c1-8-3-10(4-8)12(2)5-9-6-13-7-11-9/h6-8,10H,3-5H2,1-2H3. The minimum Gasteiger partial charge on any atom is -0.298 e. The zero-order valence-corrected chi connectivity index (χ0v) is 9.05. The second-order valence-corrected chi connectivity index (χ2v) is 4.84. The molecule has 0 aliphatic heterocycles. The molecule has 13 heavy (non-hydrogen) atoms. The van der Waals surface area contributed by atoms with Crippen LogP contribution in [0.3, 0.4) is 0 Å². The molecule has 1 heterocycles. The molecule has 1 aromatic rings. The van der Waals surface area contributed by atoms with Crippen molar-refractivity contribution in [1.82, 2.24) is 9.88 Å². The third-order valence-electron chi connectivity index (χ3n) is 2.87. The SMILES string of the molecule is CC1CC(N(C)Cc2cscn2)C1. The normalized spacial score (nSPS) is 27.6. The van der Waals surface area contributed by atoms with Gasteiger partial charge in [0.1, 0.15) is 0 Å². The van der Waals surface area contributed by atoms with Crippen molar-refractivity contribution in [3.05, 3.63) is 16.6 Å². The van der Waals surface area contributed by atoms with Crippen LogP contribution in [0.15, 0.2) is 10.9 Å². The molecule has 1 saturated carbocycles. The molecule has 0 spiro atoms. The van der Waals surface area contributed by atoms with Gasteiger partial charge in [0.2, 0.25) is 0 Å². The van der Waals surface area contributed by atoms with E-state index < -0.39 is 0 Å². The average Bonchev–Trinajstić information content (AvgIpc) is 2.51. The lowest BCUT2D eigenvalue weighted by Gasteiger charge is -2.39. The molecule has 0 aromatic carbocycles. The van der Waals surface area contributed by atoms with E-state index in [2.05, 4.69) is 29.2 Å². The highest BCUT2D eigenvalue weighted by Gasteiger charge is 2.28. The summed E-state index contributed by atoms with van der Waals surface area (Å²) in [6.45, 7) is 3.34. The first-order chi connectivity index (χ1) is 6.25. The highest BCUT2D eigenvalue weighted by Crippen LogP contribution is 2.30. The van der Waals surface area contributed by atoms with Gasteiger partial charge in [0.25, 0.3) is 0 Å². The van der Waals surface area contributed by atoms with E-state index in [4.69, 9.17) is 0 Å². The summed E-state index contributed by atoms with van der Waals surface area (Å²) in [6.07, 6.45) is 2.72. The number of thiazole rings is 1. The van der Waals surface area contributed by atoms with Crippen molar-refractivity contribution >= 4 is 11.3 Å². The highest BCUT2D eigenvalue weighted by molar-refractivity contribution is 7.07. The first kappa shape index (κ1) is 9.16. The van der Waals surface area contributed by atoms with Gasteiger partial charge in [-0.3, -0.25) is 4.90 Å². The number of rotatable bonds is 3. The molecular formula is C10H16N2S. The molecular weight excluding hydrogens is 180 g/mol. The number of nitrogens with zero attached hydrogens (tertiary/aromatic N) is 2. The van der Waals surface area contributed by atoms with Gasteiger partial charge in [-0.05, 0) is 25.8 Å². The van der Waals surface area contributed by atoms with Crippen LogP contribution in [0.5, 0.6) is 0 Å². The molecule has 0 bridgehead atoms. The Bertz CT molecular complexity index is 252. The van der Waals surface area contributed by atoms with Crippen LogP contribution in [-0.4, -0.2) is 23.0 Å². The van der Waals surface area contributed by atoms with E-state index in [0.29, 0.717) is 0 Å². The Labute approximate surface area is 83.6 Å². The van der Waals surface area contributed by atoms with Gasteiger partial charge in [-0.2, -0.15) is 0 Å². The number of hydrogen-bond acceptors (Lipinski definition) is 3. The summed E-state index contributed by atoms with van der Waals surface area (Å²) in [5, 5.41) is 2.14. The minimum absolute atomic E-state index is 0.802. The summed E-state index contributed by atoms with van der Waals surface area (Å²) in [5.74, 6) is 0.933. The predicted molar refractivity (Wildman–Crippen MR) is 55.8 cm³/mol. The van der Waals surface area contributed by atoms with Crippen molar-refractivity contribution in [3.63, 3.8) is 0 Å². The van der Waals surface area contributed by atoms with Gasteiger partial charge in [0.15, 0.2) is 0 Å². The van der Waals surface area contributed by atoms with Gasteiger partial charge in [0.05, 0.1) is 11.2 Å². The number of aromatic nitrogens is 1. The zero-order chi connectivity index (χ0) is 9.26. The molecule has 1 aromatic heterocycles. The maximum atomic E-state index is 4.29. The Hall–Kier alpha value is -0.410. The summed E-state index contributed by atoms with van der Waals surface area (Å²) < 4.78 is 0. The summed E-state index contributed by atoms with van der Waals surface area (Å²) in [7, 11) is 2.20. The monoisotopic (exact) mass is 196 g/mol. The van der Waals surface area contributed by atoms with E-state index in [0.717, 1.165) is 18.5 Å². The lowest BCUT2D eigenvalue weighted by atomic mass is 9.81. The van der Waals surface area contributed by atoms with Crippen LogP contribution in [0.25, 0.3) is 0 Å². The fourth-order valence-electron chi connectivity index (χ4n) is 1.92. The molecule has 0 atom stereocenters. The van der Waals surface area contributed by atoms with Gasteiger partial charge in [-0.1, -0.05) is 6.92 Å². The van der Waals surface area contributed by atoms with E-state index >= 15 is 0 Å². The van der Waals surface area contributed by atoms with Crippen LogP contribution in [0.4, 0.5) is 0 Å². The van der Waals surface area contributed by atoms with Crippen LogP contribution in [0.1, 0.15) is 25.5 Å². The predicted octanol–water partition coefficient (Wildman–Crippen LogP) is 2.37. The van der Waals surface area contributed by atoms with Crippen LogP contribution in [-0.2, 0) is 6.54 Å². The second kappa shape index (κ2) is 3.76. The van der Waals surface area contributed by atoms with Gasteiger partial charge >= 0.3 is 0 Å². The Morgan fingerprint density at radius 3 is 2.92 bits per heavy atom. The lowest BCUT2D eigenvalue weighted by Crippen LogP contribution is -2.41. The van der Waals surface area contributed by atoms with Crippen LogP contribution in [0, 0.1) is 5.92 Å². The molecule has 1 aliphatic carbocycles. The van der Waals surface area contributed by atoms with Crippen molar-refractivity contribution in [2.45, 2.75) is 32.4 Å². The van der Waals surface area contributed by atoms with Gasteiger partial charge < -0.3 is 0 Å². The van der Waals surface area contributed by atoms with Crippen LogP contribution >= 0.6 is 11.3 Å². The molecule has 1 aliphatic rings. The quantitative estimate of drug-likeness (QED) is 0.738. The fraction of sp³-hybridized carbons (Fsp3) is 0.700. The average molecular weight is 196 g/mol. The van der Waals surface area contributed by atoms with Gasteiger partial charge in [-0.15, -0.1) is 11.3 Å². The molecule has 72 valence electrons. The Morgan fingerprint density at radius 1 is 1.62 bits per heavy atom. The van der Waals surface area contributed by atoms with Gasteiger partial charge in [0, 0.05) is 18.0 Å². The first-order valence-electron chi connectivity index (χ1n) is 4.83. The molecule has 0 amide bonds. The van der Waals surface area contributed by atoms with Crippen molar-refractivity contribution in [2.75, 3.05) is 7.05 Å². The molecule has 0 N–H and O–H groups in total. The largest absolute Gasteiger partial charge is 0.298 e. The summed E-state index contributed by atoms with van der Waals surface area (Å²) >= 11 is 1.68. The molecule has 0 radical (unpaired) electrons. The third kappa shape index (κ3) is 2.09. The fourth-order valence-corrected chi connectivity index (χ4v) is 2.47. The Balaban J connectivity index is 1.82. The van der Waals surface area contributed by atoms with E-state index in [1.165, 1.54) is 18.5 Å². The van der Waals surface area contributed by atoms with E-state index in [1.54, 1.807) is 11.3 Å². The molecule has 3 heteroatoms. The van der Waals surface area contributed by atoms with E-state index in [1.807, 2.05) is 5.51 Å². The maximum absolute atomic E-state index is 4.29. The van der Waals surface area contributed by atoms with Crippen LogP contribution in [0.2, 0.25) is 0 Å². The second-order valence-electron chi connectivity index (χ2n) is 4.13. The molecule has 1 fully saturated rings. The van der Waals surface area contributed by atoms with Crippen LogP contribution < -0.4 is 0 Å². The van der Waals surface area contributed by atoms with Crippen molar-refractivity contribution in [1.29, 1.82) is 0 Å². The van der Waals surface area contributed by atoms with Crippen molar-refractivity contribution in [2.24, 2.45) is 5.92 Å². The smallest absolute Gasteiger partial charge is 0.0795 e. The topological polar surface area (TPSA) is 16.1 Å². The molecule has 0 unspecified atom stereocenters. The Morgan fingerprint density at radius 2 is 2.38 bits per heavy atom. The first-order valence-corrected chi connectivity index (χ1v) is 5.77.